The molecule has 0 radical (unpaired) electrons. The third-order valence-electron chi connectivity index (χ3n) is 5.47. The first-order chi connectivity index (χ1) is 17.1. The Kier molecular flexibility index (Phi) is 14.1. The smallest absolute Gasteiger partial charge is 0.308 e. The number of ether oxygens (including phenoxy) is 5. The highest BCUT2D eigenvalue weighted by atomic mass is 16.7. The van der Waals surface area contributed by atoms with Crippen molar-refractivity contribution in [2.45, 2.75) is 96.7 Å². The molecule has 0 aromatic rings. The van der Waals surface area contributed by atoms with E-state index in [0.29, 0.717) is 43.3 Å². The van der Waals surface area contributed by atoms with Crippen LogP contribution >= 0.6 is 0 Å². The van der Waals surface area contributed by atoms with Crippen molar-refractivity contribution in [1.82, 2.24) is 0 Å². The van der Waals surface area contributed by atoms with Crippen molar-refractivity contribution in [2.75, 3.05) is 33.8 Å². The first kappa shape index (κ1) is 31.4. The maximum atomic E-state index is 12.6. The molecule has 0 spiro atoms. The number of hydrogen-bond donors (Lipinski definition) is 0. The molecule has 1 rings (SSSR count). The van der Waals surface area contributed by atoms with Gasteiger partial charge in [0.2, 0.25) is 12.4 Å². The predicted molar refractivity (Wildman–Crippen MR) is 130 cm³/mol. The SMILES string of the molecule is C#CC[N+](C)(C)CCCC(=O)O[C@H]1OC[C@@H](OC(=O)CCC)[C@@H](OC(=O)CCC)[C@H]1OC(=O)CCC. The zero-order valence-electron chi connectivity index (χ0n) is 22.3. The number of hydrogen-bond acceptors (Lipinski definition) is 9. The van der Waals surface area contributed by atoms with Crippen molar-refractivity contribution in [3.05, 3.63) is 0 Å². The summed E-state index contributed by atoms with van der Waals surface area (Å²) in [6, 6.07) is 0. The first-order valence-corrected chi connectivity index (χ1v) is 12.7. The lowest BCUT2D eigenvalue weighted by Crippen LogP contribution is -2.58. The Hall–Kier alpha value is -2.64. The van der Waals surface area contributed by atoms with Crippen LogP contribution < -0.4 is 0 Å². The van der Waals surface area contributed by atoms with E-state index in [9.17, 15) is 19.2 Å². The zero-order valence-corrected chi connectivity index (χ0v) is 22.3. The Morgan fingerprint density at radius 3 is 1.83 bits per heavy atom. The Bertz CT molecular complexity index is 774. The molecule has 0 bridgehead atoms. The first-order valence-electron chi connectivity index (χ1n) is 12.7. The minimum atomic E-state index is -1.31. The summed E-state index contributed by atoms with van der Waals surface area (Å²) in [4.78, 5) is 49.6. The topological polar surface area (TPSA) is 114 Å². The van der Waals surface area contributed by atoms with Crippen LogP contribution in [0.15, 0.2) is 0 Å². The van der Waals surface area contributed by atoms with E-state index in [1.165, 1.54) is 0 Å². The number of carbonyl (C=O) groups excluding carboxylic acids is 4. The second-order valence-electron chi connectivity index (χ2n) is 9.50. The van der Waals surface area contributed by atoms with Gasteiger partial charge in [0.15, 0.2) is 12.2 Å². The summed E-state index contributed by atoms with van der Waals surface area (Å²) in [7, 11) is 3.93. The summed E-state index contributed by atoms with van der Waals surface area (Å²) < 4.78 is 28.4. The molecule has 10 heteroatoms. The zero-order chi connectivity index (χ0) is 27.1. The van der Waals surface area contributed by atoms with Gasteiger partial charge >= 0.3 is 23.9 Å². The van der Waals surface area contributed by atoms with E-state index in [1.807, 2.05) is 34.9 Å². The summed E-state index contributed by atoms with van der Waals surface area (Å²) in [5.74, 6) is 0.440. The Morgan fingerprint density at radius 1 is 0.806 bits per heavy atom. The average molecular weight is 513 g/mol. The molecule has 1 heterocycles. The number of esters is 4. The molecule has 4 atom stereocenters. The van der Waals surface area contributed by atoms with E-state index in [1.54, 1.807) is 0 Å². The third-order valence-corrected chi connectivity index (χ3v) is 5.47. The van der Waals surface area contributed by atoms with Crippen LogP contribution in [0.3, 0.4) is 0 Å². The van der Waals surface area contributed by atoms with Crippen molar-refractivity contribution in [2.24, 2.45) is 0 Å². The molecule has 1 fully saturated rings. The van der Waals surface area contributed by atoms with Crippen LogP contribution in [0.4, 0.5) is 0 Å². The van der Waals surface area contributed by atoms with Crippen molar-refractivity contribution >= 4 is 23.9 Å². The van der Waals surface area contributed by atoms with Crippen LogP contribution in [0.1, 0.15) is 72.1 Å². The third kappa shape index (κ3) is 11.4. The molecular formula is C26H42NO9+. The molecule has 36 heavy (non-hydrogen) atoms. The van der Waals surface area contributed by atoms with Crippen molar-refractivity contribution in [3.63, 3.8) is 0 Å². The van der Waals surface area contributed by atoms with Gasteiger partial charge in [-0.05, 0) is 25.2 Å². The molecule has 10 nitrogen and oxygen atoms in total. The maximum absolute atomic E-state index is 12.6. The average Bonchev–Trinajstić information content (AvgIpc) is 2.77. The summed E-state index contributed by atoms with van der Waals surface area (Å²) in [5, 5.41) is 0. The van der Waals surface area contributed by atoms with E-state index in [-0.39, 0.29) is 32.3 Å². The van der Waals surface area contributed by atoms with Crippen molar-refractivity contribution < 1.29 is 47.3 Å². The molecule has 0 aliphatic carbocycles. The van der Waals surface area contributed by atoms with Gasteiger partial charge in [0, 0.05) is 25.7 Å². The molecule has 0 unspecified atom stereocenters. The van der Waals surface area contributed by atoms with Crippen molar-refractivity contribution in [3.8, 4) is 12.3 Å². The highest BCUT2D eigenvalue weighted by Gasteiger charge is 2.49. The predicted octanol–water partition coefficient (Wildman–Crippen LogP) is 2.51. The molecular weight excluding hydrogens is 470 g/mol. The molecule has 204 valence electrons. The number of rotatable bonds is 15. The number of terminal acetylenes is 1. The summed E-state index contributed by atoms with van der Waals surface area (Å²) in [6.45, 7) is 6.45. The summed E-state index contributed by atoms with van der Waals surface area (Å²) >= 11 is 0. The van der Waals surface area contributed by atoms with Gasteiger partial charge in [-0.1, -0.05) is 20.8 Å². The van der Waals surface area contributed by atoms with Crippen LogP contribution in [0.25, 0.3) is 0 Å². The molecule has 0 N–H and O–H groups in total. The van der Waals surface area contributed by atoms with Gasteiger partial charge in [-0.2, -0.15) is 0 Å². The van der Waals surface area contributed by atoms with Gasteiger partial charge in [0.1, 0.15) is 6.54 Å². The number of nitrogens with zero attached hydrogens (tertiary/aromatic N) is 1. The Labute approximate surface area is 214 Å². The van der Waals surface area contributed by atoms with Gasteiger partial charge in [0.25, 0.3) is 0 Å². The fraction of sp³-hybridized carbons (Fsp3) is 0.769. The maximum Gasteiger partial charge on any atom is 0.308 e. The van der Waals surface area contributed by atoms with Gasteiger partial charge in [-0.15, -0.1) is 6.42 Å². The summed E-state index contributed by atoms with van der Waals surface area (Å²) in [6.07, 6.45) is 3.25. The molecule has 0 aromatic carbocycles. The lowest BCUT2D eigenvalue weighted by Gasteiger charge is -2.40. The van der Waals surface area contributed by atoms with Crippen molar-refractivity contribution in [1.29, 1.82) is 0 Å². The molecule has 0 aromatic heterocycles. The lowest BCUT2D eigenvalue weighted by molar-refractivity contribution is -0.883. The van der Waals surface area contributed by atoms with Gasteiger partial charge in [-0.3, -0.25) is 19.2 Å². The van der Waals surface area contributed by atoms with E-state index >= 15 is 0 Å². The quantitative estimate of drug-likeness (QED) is 0.141. The standard InChI is InChI=1S/C26H42NO9/c1-7-12-20(28)33-19-18-32-26(36-23(31)15-11-17-27(5,6)16-10-4)25(35-22(30)14-9-3)24(19)34-21(29)13-8-2/h4,19,24-26H,7-9,11-18H2,1-3,5-6H3/q+1/t19-,24-,25-,26-/m1/s1. The Balaban J connectivity index is 3.04. The largest absolute Gasteiger partial charge is 0.456 e. The second kappa shape index (κ2) is 16.2. The highest BCUT2D eigenvalue weighted by molar-refractivity contribution is 5.72. The normalized spacial score (nSPS) is 21.7. The summed E-state index contributed by atoms with van der Waals surface area (Å²) in [5.41, 5.74) is 0. The van der Waals surface area contributed by atoms with Gasteiger partial charge in [0.05, 0.1) is 33.7 Å². The minimum Gasteiger partial charge on any atom is -0.456 e. The highest BCUT2D eigenvalue weighted by Crippen LogP contribution is 2.27. The molecule has 1 aliphatic rings. The van der Waals surface area contributed by atoms with Crippen LogP contribution in [0, 0.1) is 12.3 Å². The van der Waals surface area contributed by atoms with E-state index in [4.69, 9.17) is 30.1 Å². The second-order valence-corrected chi connectivity index (χ2v) is 9.50. The molecule has 0 saturated carbocycles. The van der Waals surface area contributed by atoms with E-state index in [0.717, 1.165) is 0 Å². The monoisotopic (exact) mass is 512 g/mol. The molecule has 1 aliphatic heterocycles. The van der Waals surface area contributed by atoms with Crippen LogP contribution in [-0.2, 0) is 42.9 Å². The lowest BCUT2D eigenvalue weighted by atomic mass is 10.0. The number of quaternary nitrogens is 1. The Morgan fingerprint density at radius 2 is 1.31 bits per heavy atom. The van der Waals surface area contributed by atoms with Crippen LogP contribution in [0.5, 0.6) is 0 Å². The van der Waals surface area contributed by atoms with Crippen LogP contribution in [-0.4, -0.2) is 86.8 Å². The van der Waals surface area contributed by atoms with Gasteiger partial charge < -0.3 is 28.2 Å². The molecule has 1 saturated heterocycles. The number of carbonyl (C=O) groups is 4. The van der Waals surface area contributed by atoms with E-state index in [2.05, 4.69) is 5.92 Å². The van der Waals surface area contributed by atoms with Crippen LogP contribution in [0.2, 0.25) is 0 Å². The van der Waals surface area contributed by atoms with Gasteiger partial charge in [-0.25, -0.2) is 0 Å². The fourth-order valence-electron chi connectivity index (χ4n) is 3.64. The van der Waals surface area contributed by atoms with E-state index < -0.39 is 48.5 Å². The molecule has 0 amide bonds. The fourth-order valence-corrected chi connectivity index (χ4v) is 3.64. The minimum absolute atomic E-state index is 0.0942.